The van der Waals surface area contributed by atoms with Gasteiger partial charge in [-0.1, -0.05) is 33.6 Å². The Bertz CT molecular complexity index is 277. The van der Waals surface area contributed by atoms with E-state index in [0.29, 0.717) is 5.92 Å². The number of ketones is 1. The molecule has 0 spiro atoms. The number of fused-ring (bicyclic) bond motifs is 2. The molecule has 2 aliphatic rings. The van der Waals surface area contributed by atoms with Gasteiger partial charge in [0.25, 0.3) is 0 Å². The largest absolute Gasteiger partial charge is 0.389 e. The zero-order valence-electron chi connectivity index (χ0n) is 10.0. The summed E-state index contributed by atoms with van der Waals surface area (Å²) in [5.74, 6) is 0.763. The van der Waals surface area contributed by atoms with Crippen molar-refractivity contribution in [2.75, 3.05) is 0 Å². The van der Waals surface area contributed by atoms with Crippen LogP contribution in [0.4, 0.5) is 0 Å². The number of hydrogen-bond acceptors (Lipinski definition) is 2. The van der Waals surface area contributed by atoms with Crippen molar-refractivity contribution in [1.29, 1.82) is 0 Å². The first-order valence-electron chi connectivity index (χ1n) is 6.10. The van der Waals surface area contributed by atoms with Crippen LogP contribution in [-0.4, -0.2) is 16.5 Å². The summed E-state index contributed by atoms with van der Waals surface area (Å²) in [4.78, 5) is 12.3. The molecule has 0 saturated heterocycles. The van der Waals surface area contributed by atoms with Crippen LogP contribution in [0.5, 0.6) is 0 Å². The minimum absolute atomic E-state index is 0.0926. The molecule has 0 unspecified atom stereocenters. The minimum Gasteiger partial charge on any atom is -0.389 e. The second-order valence-corrected chi connectivity index (χ2v) is 6.47. The number of hydrogen-bond donors (Lipinski definition) is 1. The topological polar surface area (TPSA) is 37.3 Å². The summed E-state index contributed by atoms with van der Waals surface area (Å²) in [6, 6.07) is 0. The molecule has 2 saturated carbocycles. The van der Waals surface area contributed by atoms with E-state index in [1.165, 1.54) is 6.42 Å². The normalized spacial score (nSPS) is 40.5. The minimum atomic E-state index is -0.659. The molecule has 2 aliphatic carbocycles. The summed E-state index contributed by atoms with van der Waals surface area (Å²) in [6.07, 6.45) is 4.91. The second kappa shape index (κ2) is 3.31. The molecule has 86 valence electrons. The number of aliphatic hydroxyl groups is 1. The maximum Gasteiger partial charge on any atom is 0.144 e. The van der Waals surface area contributed by atoms with Gasteiger partial charge in [-0.2, -0.15) is 0 Å². The van der Waals surface area contributed by atoms with Crippen molar-refractivity contribution < 1.29 is 9.90 Å². The molecule has 0 aliphatic heterocycles. The fraction of sp³-hybridized carbons (Fsp3) is 0.923. The molecule has 0 heterocycles. The van der Waals surface area contributed by atoms with Gasteiger partial charge in [-0.25, -0.2) is 0 Å². The van der Waals surface area contributed by atoms with E-state index in [0.717, 1.165) is 25.7 Å². The molecule has 3 atom stereocenters. The zero-order chi connectivity index (χ0) is 11.3. The van der Waals surface area contributed by atoms with Gasteiger partial charge in [0.05, 0.1) is 5.60 Å². The molecule has 2 heteroatoms. The van der Waals surface area contributed by atoms with Crippen LogP contribution in [0.25, 0.3) is 0 Å². The summed E-state index contributed by atoms with van der Waals surface area (Å²) in [5, 5.41) is 10.5. The summed E-state index contributed by atoms with van der Waals surface area (Å²) in [6.45, 7) is 5.88. The van der Waals surface area contributed by atoms with E-state index in [4.69, 9.17) is 0 Å². The highest BCUT2D eigenvalue weighted by atomic mass is 16.3. The van der Waals surface area contributed by atoms with E-state index in [-0.39, 0.29) is 17.1 Å². The third-order valence-electron chi connectivity index (χ3n) is 4.14. The second-order valence-electron chi connectivity index (χ2n) is 6.47. The Kier molecular flexibility index (Phi) is 2.45. The molecule has 2 rings (SSSR count). The summed E-state index contributed by atoms with van der Waals surface area (Å²) >= 11 is 0. The van der Waals surface area contributed by atoms with Crippen molar-refractivity contribution in [2.24, 2.45) is 17.3 Å². The first-order valence-corrected chi connectivity index (χ1v) is 6.10. The van der Waals surface area contributed by atoms with Crippen LogP contribution in [0.3, 0.4) is 0 Å². The van der Waals surface area contributed by atoms with Crippen molar-refractivity contribution in [3.8, 4) is 0 Å². The predicted octanol–water partition coefficient (Wildman–Crippen LogP) is 2.54. The fourth-order valence-electron chi connectivity index (χ4n) is 3.35. The molecule has 1 N–H and O–H groups in total. The summed E-state index contributed by atoms with van der Waals surface area (Å²) in [5.41, 5.74) is -0.967. The lowest BCUT2D eigenvalue weighted by Gasteiger charge is -2.34. The number of carbonyl (C=O) groups is 1. The molecule has 0 aromatic rings. The van der Waals surface area contributed by atoms with Crippen LogP contribution in [-0.2, 0) is 4.79 Å². The maximum atomic E-state index is 12.3. The quantitative estimate of drug-likeness (QED) is 0.722. The van der Waals surface area contributed by atoms with Crippen molar-refractivity contribution >= 4 is 5.78 Å². The molecule has 2 nitrogen and oxygen atoms in total. The molecular formula is C13H22O2. The smallest absolute Gasteiger partial charge is 0.144 e. The number of Topliss-reactive ketones (excluding diaryl/α,β-unsaturated/α-hetero) is 1. The Morgan fingerprint density at radius 1 is 1.40 bits per heavy atom. The SMILES string of the molecule is CC(C)(C)C(=O)[C@H]1C[C@@H]2CCC[C@@]1(O)C2. The molecule has 0 aromatic heterocycles. The molecule has 2 fully saturated rings. The Balaban J connectivity index is 2.20. The van der Waals surface area contributed by atoms with Crippen molar-refractivity contribution in [3.63, 3.8) is 0 Å². The molecular weight excluding hydrogens is 188 g/mol. The van der Waals surface area contributed by atoms with Crippen LogP contribution < -0.4 is 0 Å². The summed E-state index contributed by atoms with van der Waals surface area (Å²) in [7, 11) is 0. The Morgan fingerprint density at radius 2 is 2.07 bits per heavy atom. The van der Waals surface area contributed by atoms with Crippen molar-refractivity contribution in [3.05, 3.63) is 0 Å². The molecule has 2 bridgehead atoms. The van der Waals surface area contributed by atoms with E-state index in [9.17, 15) is 9.90 Å². The third kappa shape index (κ3) is 1.84. The maximum absolute atomic E-state index is 12.3. The van der Waals surface area contributed by atoms with Crippen LogP contribution in [0.15, 0.2) is 0 Å². The predicted molar refractivity (Wildman–Crippen MR) is 59.5 cm³/mol. The Labute approximate surface area is 92.1 Å². The molecule has 0 radical (unpaired) electrons. The van der Waals surface area contributed by atoms with E-state index >= 15 is 0 Å². The van der Waals surface area contributed by atoms with E-state index < -0.39 is 5.60 Å². The van der Waals surface area contributed by atoms with Crippen LogP contribution in [0, 0.1) is 17.3 Å². The Hall–Kier alpha value is -0.370. The van der Waals surface area contributed by atoms with Gasteiger partial charge < -0.3 is 5.11 Å². The van der Waals surface area contributed by atoms with E-state index in [2.05, 4.69) is 0 Å². The van der Waals surface area contributed by atoms with Gasteiger partial charge in [-0.05, 0) is 25.2 Å². The lowest BCUT2D eigenvalue weighted by molar-refractivity contribution is -0.138. The van der Waals surface area contributed by atoms with Gasteiger partial charge in [-0.3, -0.25) is 4.79 Å². The molecule has 15 heavy (non-hydrogen) atoms. The first-order chi connectivity index (χ1) is 6.83. The standard InChI is InChI=1S/C13H22O2/c1-12(2,3)11(14)10-7-9-5-4-6-13(10,15)8-9/h9-10,15H,4-8H2,1-3H3/t9-,10+,13+/m0/s1. The Morgan fingerprint density at radius 3 is 2.60 bits per heavy atom. The fourth-order valence-corrected chi connectivity index (χ4v) is 3.35. The van der Waals surface area contributed by atoms with Gasteiger partial charge >= 0.3 is 0 Å². The highest BCUT2D eigenvalue weighted by Crippen LogP contribution is 2.50. The molecule has 0 aromatic carbocycles. The van der Waals surface area contributed by atoms with Gasteiger partial charge in [0, 0.05) is 11.3 Å². The van der Waals surface area contributed by atoms with Crippen molar-refractivity contribution in [1.82, 2.24) is 0 Å². The lowest BCUT2D eigenvalue weighted by Crippen LogP contribution is -2.42. The van der Waals surface area contributed by atoms with Crippen LogP contribution in [0.2, 0.25) is 0 Å². The van der Waals surface area contributed by atoms with E-state index in [1.807, 2.05) is 20.8 Å². The molecule has 0 amide bonds. The lowest BCUT2D eigenvalue weighted by atomic mass is 9.75. The van der Waals surface area contributed by atoms with Crippen LogP contribution in [0.1, 0.15) is 52.9 Å². The average molecular weight is 210 g/mol. The zero-order valence-corrected chi connectivity index (χ0v) is 10.0. The van der Waals surface area contributed by atoms with Crippen LogP contribution >= 0.6 is 0 Å². The monoisotopic (exact) mass is 210 g/mol. The highest BCUT2D eigenvalue weighted by Gasteiger charge is 2.52. The number of carbonyl (C=O) groups excluding carboxylic acids is 1. The summed E-state index contributed by atoms with van der Waals surface area (Å²) < 4.78 is 0. The van der Waals surface area contributed by atoms with Gasteiger partial charge in [0.2, 0.25) is 0 Å². The highest BCUT2D eigenvalue weighted by molar-refractivity contribution is 5.87. The van der Waals surface area contributed by atoms with Crippen molar-refractivity contribution in [2.45, 2.75) is 58.5 Å². The van der Waals surface area contributed by atoms with Gasteiger partial charge in [0.15, 0.2) is 0 Å². The van der Waals surface area contributed by atoms with E-state index in [1.54, 1.807) is 0 Å². The van der Waals surface area contributed by atoms with Gasteiger partial charge in [0.1, 0.15) is 5.78 Å². The first kappa shape index (κ1) is 11.1. The third-order valence-corrected chi connectivity index (χ3v) is 4.14. The van der Waals surface area contributed by atoms with Gasteiger partial charge in [-0.15, -0.1) is 0 Å². The number of rotatable bonds is 1. The average Bonchev–Trinajstić information content (AvgIpc) is 2.33.